The molecule has 2 amide bonds. The predicted octanol–water partition coefficient (Wildman–Crippen LogP) is 0.425. The molecule has 0 aliphatic rings. The molecule has 0 radical (unpaired) electrons. The first-order valence-corrected chi connectivity index (χ1v) is 6.46. The number of hydrogen-bond donors (Lipinski definition) is 3. The van der Waals surface area contributed by atoms with Gasteiger partial charge in [0.15, 0.2) is 0 Å². The highest BCUT2D eigenvalue weighted by Gasteiger charge is 2.11. The van der Waals surface area contributed by atoms with Crippen molar-refractivity contribution in [2.24, 2.45) is 0 Å². The van der Waals surface area contributed by atoms with Crippen molar-refractivity contribution in [1.29, 1.82) is 0 Å². The second-order valence-corrected chi connectivity index (χ2v) is 4.14. The van der Waals surface area contributed by atoms with Gasteiger partial charge in [-0.15, -0.1) is 0 Å². The van der Waals surface area contributed by atoms with E-state index in [0.29, 0.717) is 5.56 Å². The Kier molecular flexibility index (Phi) is 6.92. The SMILES string of the molecule is CNC(=O)CCNC(=O)c1cc(F)ccc1C#CCCO. The molecule has 0 aliphatic heterocycles. The topological polar surface area (TPSA) is 78.4 Å². The molecule has 0 aliphatic carbocycles. The number of nitrogens with one attached hydrogen (secondary N) is 2. The molecule has 21 heavy (non-hydrogen) atoms. The van der Waals surface area contributed by atoms with Crippen LogP contribution < -0.4 is 10.6 Å². The number of aliphatic hydroxyl groups is 1. The maximum absolute atomic E-state index is 13.3. The average Bonchev–Trinajstić information content (AvgIpc) is 2.48. The Morgan fingerprint density at radius 3 is 2.81 bits per heavy atom. The lowest BCUT2D eigenvalue weighted by molar-refractivity contribution is -0.120. The molecular formula is C15H17FN2O3. The van der Waals surface area contributed by atoms with Crippen molar-refractivity contribution in [2.45, 2.75) is 12.8 Å². The largest absolute Gasteiger partial charge is 0.395 e. The first kappa shape index (κ1) is 16.7. The van der Waals surface area contributed by atoms with Gasteiger partial charge in [-0.05, 0) is 18.2 Å². The summed E-state index contributed by atoms with van der Waals surface area (Å²) in [5.74, 6) is 4.17. The molecule has 3 N–H and O–H groups in total. The predicted molar refractivity (Wildman–Crippen MR) is 76.0 cm³/mol. The van der Waals surface area contributed by atoms with Gasteiger partial charge in [0.2, 0.25) is 5.91 Å². The van der Waals surface area contributed by atoms with E-state index in [2.05, 4.69) is 22.5 Å². The zero-order valence-electron chi connectivity index (χ0n) is 11.7. The summed E-state index contributed by atoms with van der Waals surface area (Å²) in [5.41, 5.74) is 0.486. The smallest absolute Gasteiger partial charge is 0.252 e. The van der Waals surface area contributed by atoms with E-state index < -0.39 is 11.7 Å². The number of carbonyl (C=O) groups is 2. The molecule has 0 heterocycles. The maximum atomic E-state index is 13.3. The van der Waals surface area contributed by atoms with Crippen LogP contribution in [0.3, 0.4) is 0 Å². The van der Waals surface area contributed by atoms with Crippen molar-refractivity contribution in [3.05, 3.63) is 35.1 Å². The van der Waals surface area contributed by atoms with Gasteiger partial charge in [-0.3, -0.25) is 9.59 Å². The minimum atomic E-state index is -0.542. The normalized spacial score (nSPS) is 9.48. The van der Waals surface area contributed by atoms with Crippen LogP contribution in [0.25, 0.3) is 0 Å². The van der Waals surface area contributed by atoms with Gasteiger partial charge in [0.1, 0.15) is 5.82 Å². The van der Waals surface area contributed by atoms with Crippen LogP contribution in [0, 0.1) is 17.7 Å². The second-order valence-electron chi connectivity index (χ2n) is 4.14. The zero-order chi connectivity index (χ0) is 15.7. The summed E-state index contributed by atoms with van der Waals surface area (Å²) in [6, 6.07) is 3.72. The molecule has 0 bridgehead atoms. The highest BCUT2D eigenvalue weighted by atomic mass is 19.1. The molecule has 0 aromatic heterocycles. The average molecular weight is 292 g/mol. The molecule has 0 unspecified atom stereocenters. The monoisotopic (exact) mass is 292 g/mol. The van der Waals surface area contributed by atoms with Crippen LogP contribution in [0.5, 0.6) is 0 Å². The molecule has 0 saturated heterocycles. The van der Waals surface area contributed by atoms with Crippen LogP contribution in [-0.2, 0) is 4.79 Å². The summed E-state index contributed by atoms with van der Waals surface area (Å²) in [6.07, 6.45) is 0.415. The molecule has 6 heteroatoms. The van der Waals surface area contributed by atoms with Crippen molar-refractivity contribution in [1.82, 2.24) is 10.6 Å². The van der Waals surface area contributed by atoms with Crippen molar-refractivity contribution < 1.29 is 19.1 Å². The maximum Gasteiger partial charge on any atom is 0.252 e. The lowest BCUT2D eigenvalue weighted by Crippen LogP contribution is -2.29. The molecule has 1 aromatic rings. The number of halogens is 1. The number of rotatable bonds is 5. The summed E-state index contributed by atoms with van der Waals surface area (Å²) >= 11 is 0. The van der Waals surface area contributed by atoms with Crippen LogP contribution in [0.1, 0.15) is 28.8 Å². The van der Waals surface area contributed by atoms with Gasteiger partial charge in [0, 0.05) is 32.0 Å². The highest BCUT2D eigenvalue weighted by molar-refractivity contribution is 5.97. The lowest BCUT2D eigenvalue weighted by atomic mass is 10.1. The van der Waals surface area contributed by atoms with Gasteiger partial charge >= 0.3 is 0 Å². The molecule has 1 aromatic carbocycles. The summed E-state index contributed by atoms with van der Waals surface area (Å²) in [5, 5.41) is 13.7. The highest BCUT2D eigenvalue weighted by Crippen LogP contribution is 2.10. The lowest BCUT2D eigenvalue weighted by Gasteiger charge is -2.07. The van der Waals surface area contributed by atoms with E-state index in [4.69, 9.17) is 5.11 Å². The van der Waals surface area contributed by atoms with Gasteiger partial charge in [-0.25, -0.2) is 4.39 Å². The van der Waals surface area contributed by atoms with E-state index in [0.717, 1.165) is 6.07 Å². The quantitative estimate of drug-likeness (QED) is 0.689. The third kappa shape index (κ3) is 5.63. The zero-order valence-corrected chi connectivity index (χ0v) is 11.7. The second kappa shape index (κ2) is 8.72. The fourth-order valence-electron chi connectivity index (χ4n) is 1.54. The molecule has 0 atom stereocenters. The molecule has 0 saturated carbocycles. The number of aliphatic hydroxyl groups excluding tert-OH is 1. The summed E-state index contributed by atoms with van der Waals surface area (Å²) in [6.45, 7) is 0.0698. The van der Waals surface area contributed by atoms with E-state index in [1.54, 1.807) is 0 Å². The fraction of sp³-hybridized carbons (Fsp3) is 0.333. The Morgan fingerprint density at radius 2 is 2.14 bits per heavy atom. The molecule has 0 fully saturated rings. The molecule has 5 nitrogen and oxygen atoms in total. The van der Waals surface area contributed by atoms with Crippen LogP contribution in [0.15, 0.2) is 18.2 Å². The van der Waals surface area contributed by atoms with Crippen molar-refractivity contribution in [3.8, 4) is 11.8 Å². The summed E-state index contributed by atoms with van der Waals surface area (Å²) < 4.78 is 13.3. The van der Waals surface area contributed by atoms with Crippen molar-refractivity contribution in [2.75, 3.05) is 20.2 Å². The molecule has 112 valence electrons. The standard InChI is InChI=1S/C15H17FN2O3/c1-17-14(20)7-8-18-15(21)13-10-12(16)6-5-11(13)4-2-3-9-19/h5-6,10,19H,3,7-9H2,1H3,(H,17,20)(H,18,21). The van der Waals surface area contributed by atoms with Crippen LogP contribution >= 0.6 is 0 Å². The van der Waals surface area contributed by atoms with Crippen LogP contribution in [0.2, 0.25) is 0 Å². The Bertz CT molecular complexity index is 576. The number of amides is 2. The van der Waals surface area contributed by atoms with Gasteiger partial charge in [0.25, 0.3) is 5.91 Å². The van der Waals surface area contributed by atoms with Gasteiger partial charge in [-0.1, -0.05) is 11.8 Å². The minimum Gasteiger partial charge on any atom is -0.395 e. The van der Waals surface area contributed by atoms with Crippen molar-refractivity contribution >= 4 is 11.8 Å². The first-order chi connectivity index (χ1) is 10.1. The van der Waals surface area contributed by atoms with E-state index in [1.165, 1.54) is 19.2 Å². The summed E-state index contributed by atoms with van der Waals surface area (Å²) in [4.78, 5) is 23.1. The molecular weight excluding hydrogens is 275 g/mol. The first-order valence-electron chi connectivity index (χ1n) is 6.46. The van der Waals surface area contributed by atoms with E-state index in [9.17, 15) is 14.0 Å². The fourth-order valence-corrected chi connectivity index (χ4v) is 1.54. The Hall–Kier alpha value is -2.39. The van der Waals surface area contributed by atoms with E-state index in [-0.39, 0.29) is 37.5 Å². The van der Waals surface area contributed by atoms with Crippen LogP contribution in [-0.4, -0.2) is 37.1 Å². The number of hydrogen-bond acceptors (Lipinski definition) is 3. The van der Waals surface area contributed by atoms with Crippen LogP contribution in [0.4, 0.5) is 4.39 Å². The minimum absolute atomic E-state index is 0.0815. The Balaban J connectivity index is 2.80. The van der Waals surface area contributed by atoms with Gasteiger partial charge in [-0.2, -0.15) is 0 Å². The summed E-state index contributed by atoms with van der Waals surface area (Å²) in [7, 11) is 1.51. The van der Waals surface area contributed by atoms with E-state index >= 15 is 0 Å². The van der Waals surface area contributed by atoms with Gasteiger partial charge in [0.05, 0.1) is 12.2 Å². The number of carbonyl (C=O) groups excluding carboxylic acids is 2. The van der Waals surface area contributed by atoms with Gasteiger partial charge < -0.3 is 15.7 Å². The third-order valence-corrected chi connectivity index (χ3v) is 2.60. The van der Waals surface area contributed by atoms with Crippen molar-refractivity contribution in [3.63, 3.8) is 0 Å². The number of benzene rings is 1. The molecule has 0 spiro atoms. The Labute approximate surface area is 122 Å². The molecule has 1 rings (SSSR count). The Morgan fingerprint density at radius 1 is 1.38 bits per heavy atom. The third-order valence-electron chi connectivity index (χ3n) is 2.60. The van der Waals surface area contributed by atoms with E-state index in [1.807, 2.05) is 0 Å².